The lowest BCUT2D eigenvalue weighted by Crippen LogP contribution is -2.34. The molecule has 116 valence electrons. The van der Waals surface area contributed by atoms with Crippen LogP contribution in [-0.4, -0.2) is 7.05 Å². The van der Waals surface area contributed by atoms with Gasteiger partial charge in [0.25, 0.3) is 0 Å². The van der Waals surface area contributed by atoms with Crippen LogP contribution in [0.15, 0.2) is 22.7 Å². The van der Waals surface area contributed by atoms with Gasteiger partial charge in [-0.25, -0.2) is 4.39 Å². The molecule has 0 aromatic heterocycles. The zero-order valence-electron chi connectivity index (χ0n) is 12.7. The summed E-state index contributed by atoms with van der Waals surface area (Å²) in [6.07, 6.45) is 9.46. The van der Waals surface area contributed by atoms with Crippen molar-refractivity contribution in [1.29, 1.82) is 0 Å². The van der Waals surface area contributed by atoms with Crippen LogP contribution in [0.4, 0.5) is 4.39 Å². The lowest BCUT2D eigenvalue weighted by molar-refractivity contribution is 0.110. The molecule has 0 amide bonds. The maximum atomic E-state index is 14.4. The highest BCUT2D eigenvalue weighted by Crippen LogP contribution is 2.46. The highest BCUT2D eigenvalue weighted by atomic mass is 79.9. The first-order valence-corrected chi connectivity index (χ1v) is 9.11. The van der Waals surface area contributed by atoms with Gasteiger partial charge in [0.1, 0.15) is 5.82 Å². The molecule has 4 atom stereocenters. The van der Waals surface area contributed by atoms with Crippen LogP contribution in [-0.2, 0) is 0 Å². The van der Waals surface area contributed by atoms with Gasteiger partial charge in [0.2, 0.25) is 0 Å². The molecule has 3 heteroatoms. The summed E-state index contributed by atoms with van der Waals surface area (Å²) in [6, 6.07) is 5.81. The van der Waals surface area contributed by atoms with Gasteiger partial charge in [-0.2, -0.15) is 0 Å². The predicted molar refractivity (Wildman–Crippen MR) is 88.7 cm³/mol. The smallest absolute Gasteiger partial charge is 0.142 e. The minimum Gasteiger partial charge on any atom is -0.313 e. The fraction of sp³-hybridized carbons (Fsp3) is 0.667. The van der Waals surface area contributed by atoms with Crippen molar-refractivity contribution < 1.29 is 4.39 Å². The molecule has 2 fully saturated rings. The molecule has 0 spiro atoms. The molecule has 2 aliphatic carbocycles. The van der Waals surface area contributed by atoms with E-state index in [1.165, 1.54) is 44.9 Å². The first-order valence-electron chi connectivity index (χ1n) is 8.32. The van der Waals surface area contributed by atoms with E-state index in [2.05, 4.69) is 21.2 Å². The van der Waals surface area contributed by atoms with Gasteiger partial charge >= 0.3 is 0 Å². The van der Waals surface area contributed by atoms with E-state index in [-0.39, 0.29) is 11.9 Å². The van der Waals surface area contributed by atoms with Crippen LogP contribution in [0, 0.1) is 23.6 Å². The molecule has 1 N–H and O–H groups in total. The number of benzene rings is 1. The summed E-state index contributed by atoms with van der Waals surface area (Å²) in [5.74, 6) is 2.30. The minimum atomic E-state index is -0.0948. The predicted octanol–water partition coefficient (Wildman–Crippen LogP) is 5.46. The molecule has 3 rings (SSSR count). The zero-order valence-corrected chi connectivity index (χ0v) is 14.3. The Hall–Kier alpha value is -0.410. The SMILES string of the molecule is CNC(c1cccc(Br)c1F)C1CCC2CCCCC2C1. The van der Waals surface area contributed by atoms with Gasteiger partial charge < -0.3 is 5.32 Å². The fourth-order valence-corrected chi connectivity index (χ4v) is 5.00. The highest BCUT2D eigenvalue weighted by molar-refractivity contribution is 9.10. The highest BCUT2D eigenvalue weighted by Gasteiger charge is 2.36. The normalized spacial score (nSPS) is 30.7. The number of nitrogens with one attached hydrogen (secondary N) is 1. The summed E-state index contributed by atoms with van der Waals surface area (Å²) in [6.45, 7) is 0. The molecule has 4 unspecified atom stereocenters. The molecule has 1 aromatic rings. The van der Waals surface area contributed by atoms with Crippen molar-refractivity contribution in [2.45, 2.75) is 51.0 Å². The van der Waals surface area contributed by atoms with Crippen LogP contribution in [0.25, 0.3) is 0 Å². The first-order chi connectivity index (χ1) is 10.2. The Bertz CT molecular complexity index is 490. The first kappa shape index (κ1) is 15.5. The molecule has 2 saturated carbocycles. The quantitative estimate of drug-likeness (QED) is 0.761. The maximum absolute atomic E-state index is 14.4. The zero-order chi connectivity index (χ0) is 14.8. The van der Waals surface area contributed by atoms with E-state index >= 15 is 0 Å². The lowest BCUT2D eigenvalue weighted by Gasteiger charge is -2.42. The van der Waals surface area contributed by atoms with Crippen LogP contribution in [0.5, 0.6) is 0 Å². The van der Waals surface area contributed by atoms with Crippen molar-refractivity contribution in [3.8, 4) is 0 Å². The van der Waals surface area contributed by atoms with Gasteiger partial charge in [-0.3, -0.25) is 0 Å². The monoisotopic (exact) mass is 353 g/mol. The van der Waals surface area contributed by atoms with Crippen LogP contribution in [0.3, 0.4) is 0 Å². The van der Waals surface area contributed by atoms with Crippen LogP contribution < -0.4 is 5.32 Å². The van der Waals surface area contributed by atoms with E-state index in [4.69, 9.17) is 0 Å². The Kier molecular flexibility index (Phi) is 5.00. The van der Waals surface area contributed by atoms with Crippen molar-refractivity contribution in [3.63, 3.8) is 0 Å². The Morgan fingerprint density at radius 3 is 2.67 bits per heavy atom. The molecule has 0 bridgehead atoms. The van der Waals surface area contributed by atoms with Crippen LogP contribution in [0.2, 0.25) is 0 Å². The summed E-state index contributed by atoms with van der Waals surface area (Å²) >= 11 is 3.32. The fourth-order valence-electron chi connectivity index (χ4n) is 4.62. The second-order valence-electron chi connectivity index (χ2n) is 6.79. The standard InChI is InChI=1S/C18H25BrFN/c1-21-18(15-7-4-8-16(19)17(15)20)14-10-9-12-5-2-3-6-13(12)11-14/h4,7-8,12-14,18,21H,2-3,5-6,9-11H2,1H3. The lowest BCUT2D eigenvalue weighted by atomic mass is 9.65. The van der Waals surface area contributed by atoms with Gasteiger partial charge in [-0.15, -0.1) is 0 Å². The second-order valence-corrected chi connectivity index (χ2v) is 7.64. The summed E-state index contributed by atoms with van der Waals surface area (Å²) in [7, 11) is 1.97. The summed E-state index contributed by atoms with van der Waals surface area (Å²) in [4.78, 5) is 0. The molecule has 21 heavy (non-hydrogen) atoms. The molecular formula is C18H25BrFN. The largest absolute Gasteiger partial charge is 0.313 e. The number of rotatable bonds is 3. The third-order valence-corrected chi connectivity index (χ3v) is 6.29. The minimum absolute atomic E-state index is 0.0948. The van der Waals surface area contributed by atoms with E-state index in [0.29, 0.717) is 10.4 Å². The Morgan fingerprint density at radius 1 is 1.14 bits per heavy atom. The van der Waals surface area contributed by atoms with Gasteiger partial charge in [-0.1, -0.05) is 37.8 Å². The van der Waals surface area contributed by atoms with E-state index in [1.54, 1.807) is 6.07 Å². The van der Waals surface area contributed by atoms with E-state index in [0.717, 1.165) is 17.4 Å². The third kappa shape index (κ3) is 3.19. The van der Waals surface area contributed by atoms with Crippen molar-refractivity contribution in [3.05, 3.63) is 34.1 Å². The number of halogens is 2. The molecule has 0 radical (unpaired) electrons. The third-order valence-electron chi connectivity index (χ3n) is 5.68. The molecule has 1 aromatic carbocycles. The number of fused-ring (bicyclic) bond motifs is 1. The van der Waals surface area contributed by atoms with Gasteiger partial charge in [0, 0.05) is 11.6 Å². The van der Waals surface area contributed by atoms with Gasteiger partial charge in [0.05, 0.1) is 4.47 Å². The average molecular weight is 354 g/mol. The van der Waals surface area contributed by atoms with E-state index in [1.807, 2.05) is 19.2 Å². The summed E-state index contributed by atoms with van der Waals surface area (Å²) in [5, 5.41) is 3.39. The average Bonchev–Trinajstić information content (AvgIpc) is 2.52. The van der Waals surface area contributed by atoms with Crippen molar-refractivity contribution in [2.24, 2.45) is 17.8 Å². The van der Waals surface area contributed by atoms with Crippen molar-refractivity contribution in [1.82, 2.24) is 5.32 Å². The number of hydrogen-bond donors (Lipinski definition) is 1. The second kappa shape index (κ2) is 6.78. The Balaban J connectivity index is 1.78. The van der Waals surface area contributed by atoms with Crippen molar-refractivity contribution in [2.75, 3.05) is 7.05 Å². The molecule has 1 nitrogen and oxygen atoms in total. The van der Waals surface area contributed by atoms with E-state index in [9.17, 15) is 4.39 Å². The van der Waals surface area contributed by atoms with Crippen LogP contribution >= 0.6 is 15.9 Å². The van der Waals surface area contributed by atoms with Crippen molar-refractivity contribution >= 4 is 15.9 Å². The molecule has 2 aliphatic rings. The molecule has 0 heterocycles. The summed E-state index contributed by atoms with van der Waals surface area (Å²) < 4.78 is 15.0. The van der Waals surface area contributed by atoms with Gasteiger partial charge in [0.15, 0.2) is 0 Å². The topological polar surface area (TPSA) is 12.0 Å². The summed E-state index contributed by atoms with van der Waals surface area (Å²) in [5.41, 5.74) is 0.825. The molecule has 0 saturated heterocycles. The Morgan fingerprint density at radius 2 is 1.90 bits per heavy atom. The molecular weight excluding hydrogens is 329 g/mol. The Labute approximate surface area is 135 Å². The maximum Gasteiger partial charge on any atom is 0.142 e. The van der Waals surface area contributed by atoms with E-state index < -0.39 is 0 Å². The number of hydrogen-bond acceptors (Lipinski definition) is 1. The van der Waals surface area contributed by atoms with Crippen LogP contribution in [0.1, 0.15) is 56.6 Å². The van der Waals surface area contributed by atoms with Gasteiger partial charge in [-0.05, 0) is 66.1 Å². The molecule has 0 aliphatic heterocycles.